The molecule has 0 aromatic heterocycles. The molecule has 0 aliphatic carbocycles. The monoisotopic (exact) mass is 301 g/mol. The highest BCUT2D eigenvalue weighted by molar-refractivity contribution is 5.86. The van der Waals surface area contributed by atoms with Gasteiger partial charge in [-0.15, -0.1) is 0 Å². The van der Waals surface area contributed by atoms with E-state index in [4.69, 9.17) is 0 Å². The van der Waals surface area contributed by atoms with Gasteiger partial charge in [0.2, 0.25) is 5.91 Å². The van der Waals surface area contributed by atoms with Crippen LogP contribution in [0.5, 0.6) is 0 Å². The number of carboxylic acids is 1. The fraction of sp³-hybridized carbons (Fsp3) is 0.786. The first-order chi connectivity index (χ1) is 9.77. The standard InChI is InChI=1S/C14H27N3O4/c1-5-14(6-2,12(19)20)17-13(21)15-8-7-11(18)16-9-10(3)4/h10H,5-9H2,1-4H3,(H,16,18)(H,19,20)(H2,15,17,21). The highest BCUT2D eigenvalue weighted by Crippen LogP contribution is 2.14. The number of urea groups is 1. The maximum Gasteiger partial charge on any atom is 0.329 e. The zero-order valence-corrected chi connectivity index (χ0v) is 13.3. The van der Waals surface area contributed by atoms with Crippen LogP contribution >= 0.6 is 0 Å². The van der Waals surface area contributed by atoms with E-state index in [0.29, 0.717) is 25.3 Å². The summed E-state index contributed by atoms with van der Waals surface area (Å²) in [6.45, 7) is 8.16. The molecule has 7 nitrogen and oxygen atoms in total. The van der Waals surface area contributed by atoms with Crippen molar-refractivity contribution < 1.29 is 19.5 Å². The third kappa shape index (κ3) is 6.97. The average Bonchev–Trinajstić information content (AvgIpc) is 2.42. The first-order valence-corrected chi connectivity index (χ1v) is 7.33. The second-order valence-corrected chi connectivity index (χ2v) is 5.42. The molecule has 3 amide bonds. The van der Waals surface area contributed by atoms with Crippen molar-refractivity contribution in [2.24, 2.45) is 5.92 Å². The summed E-state index contributed by atoms with van der Waals surface area (Å²) in [6, 6.07) is -0.572. The van der Waals surface area contributed by atoms with E-state index >= 15 is 0 Å². The summed E-state index contributed by atoms with van der Waals surface area (Å²) >= 11 is 0. The van der Waals surface area contributed by atoms with Crippen LogP contribution in [0.3, 0.4) is 0 Å². The highest BCUT2D eigenvalue weighted by atomic mass is 16.4. The Hall–Kier alpha value is -1.79. The minimum atomic E-state index is -1.26. The molecule has 0 saturated carbocycles. The molecule has 0 rings (SSSR count). The molecule has 0 fully saturated rings. The van der Waals surface area contributed by atoms with E-state index in [2.05, 4.69) is 16.0 Å². The molecule has 0 atom stereocenters. The summed E-state index contributed by atoms with van der Waals surface area (Å²) in [6.07, 6.45) is 0.751. The molecule has 0 aliphatic rings. The van der Waals surface area contributed by atoms with Gasteiger partial charge in [-0.05, 0) is 18.8 Å². The van der Waals surface area contributed by atoms with Crippen LogP contribution in [0.25, 0.3) is 0 Å². The fourth-order valence-corrected chi connectivity index (χ4v) is 1.74. The van der Waals surface area contributed by atoms with Crippen LogP contribution in [0.15, 0.2) is 0 Å². The van der Waals surface area contributed by atoms with Gasteiger partial charge in [-0.1, -0.05) is 27.7 Å². The van der Waals surface area contributed by atoms with Crippen molar-refractivity contribution in [2.45, 2.75) is 52.5 Å². The lowest BCUT2D eigenvalue weighted by Crippen LogP contribution is -2.56. The molecule has 0 aliphatic heterocycles. The number of nitrogens with one attached hydrogen (secondary N) is 3. The quantitative estimate of drug-likeness (QED) is 0.511. The SMILES string of the molecule is CCC(CC)(NC(=O)NCCC(=O)NCC(C)C)C(=O)O. The van der Waals surface area contributed by atoms with E-state index in [9.17, 15) is 19.5 Å². The van der Waals surface area contributed by atoms with E-state index < -0.39 is 17.5 Å². The summed E-state index contributed by atoms with van der Waals surface area (Å²) in [7, 11) is 0. The Balaban J connectivity index is 4.15. The van der Waals surface area contributed by atoms with Crippen molar-refractivity contribution >= 4 is 17.9 Å². The lowest BCUT2D eigenvalue weighted by Gasteiger charge is -2.28. The van der Waals surface area contributed by atoms with Crippen molar-refractivity contribution in [3.05, 3.63) is 0 Å². The Morgan fingerprint density at radius 3 is 2.10 bits per heavy atom. The van der Waals surface area contributed by atoms with Crippen molar-refractivity contribution in [2.75, 3.05) is 13.1 Å². The third-order valence-corrected chi connectivity index (χ3v) is 3.31. The second kappa shape index (κ2) is 9.20. The van der Waals surface area contributed by atoms with Crippen LogP contribution in [0.2, 0.25) is 0 Å². The molecule has 21 heavy (non-hydrogen) atoms. The highest BCUT2D eigenvalue weighted by Gasteiger charge is 2.36. The maximum absolute atomic E-state index is 11.7. The summed E-state index contributed by atoms with van der Waals surface area (Å²) in [4.78, 5) is 34.4. The number of aliphatic carboxylic acids is 1. The van der Waals surface area contributed by atoms with E-state index in [-0.39, 0.29) is 18.9 Å². The largest absolute Gasteiger partial charge is 0.480 e. The van der Waals surface area contributed by atoms with Crippen molar-refractivity contribution in [1.82, 2.24) is 16.0 Å². The number of hydrogen-bond donors (Lipinski definition) is 4. The first-order valence-electron chi connectivity index (χ1n) is 7.33. The molecule has 122 valence electrons. The Morgan fingerprint density at radius 2 is 1.67 bits per heavy atom. The van der Waals surface area contributed by atoms with Gasteiger partial charge in [0.1, 0.15) is 5.54 Å². The zero-order valence-electron chi connectivity index (χ0n) is 13.3. The molecule has 0 aromatic rings. The summed E-state index contributed by atoms with van der Waals surface area (Å²) in [5.74, 6) is -0.827. The number of carbonyl (C=O) groups excluding carboxylic acids is 2. The van der Waals surface area contributed by atoms with E-state index in [1.165, 1.54) is 0 Å². The number of carbonyl (C=O) groups is 3. The minimum Gasteiger partial charge on any atom is -0.480 e. The lowest BCUT2D eigenvalue weighted by molar-refractivity contribution is -0.144. The first kappa shape index (κ1) is 19.2. The molecule has 0 saturated heterocycles. The summed E-state index contributed by atoms with van der Waals surface area (Å²) < 4.78 is 0. The van der Waals surface area contributed by atoms with Crippen LogP contribution in [0.4, 0.5) is 4.79 Å². The maximum atomic E-state index is 11.7. The van der Waals surface area contributed by atoms with Gasteiger partial charge in [-0.25, -0.2) is 9.59 Å². The van der Waals surface area contributed by atoms with Crippen LogP contribution in [-0.2, 0) is 9.59 Å². The normalized spacial score (nSPS) is 11.1. The van der Waals surface area contributed by atoms with Crippen molar-refractivity contribution in [1.29, 1.82) is 0 Å². The summed E-state index contributed by atoms with van der Waals surface area (Å²) in [5, 5.41) is 16.9. The summed E-state index contributed by atoms with van der Waals surface area (Å²) in [5.41, 5.74) is -1.26. The predicted molar refractivity (Wildman–Crippen MR) is 79.9 cm³/mol. The minimum absolute atomic E-state index is 0.139. The smallest absolute Gasteiger partial charge is 0.329 e. The Labute approximate surface area is 125 Å². The molecule has 0 heterocycles. The molecule has 0 unspecified atom stereocenters. The van der Waals surface area contributed by atoms with Crippen LogP contribution in [0, 0.1) is 5.92 Å². The molecule has 7 heteroatoms. The fourth-order valence-electron chi connectivity index (χ4n) is 1.74. The molecule has 0 spiro atoms. The van der Waals surface area contributed by atoms with Gasteiger partial charge in [0, 0.05) is 19.5 Å². The van der Waals surface area contributed by atoms with Gasteiger partial charge < -0.3 is 21.1 Å². The third-order valence-electron chi connectivity index (χ3n) is 3.31. The number of hydrogen-bond acceptors (Lipinski definition) is 3. The number of carboxylic acid groups (broad SMARTS) is 1. The molecule has 4 N–H and O–H groups in total. The number of amides is 3. The van der Waals surface area contributed by atoms with Crippen molar-refractivity contribution in [3.63, 3.8) is 0 Å². The Morgan fingerprint density at radius 1 is 1.10 bits per heavy atom. The van der Waals surface area contributed by atoms with Gasteiger partial charge in [-0.2, -0.15) is 0 Å². The van der Waals surface area contributed by atoms with Gasteiger partial charge in [0.05, 0.1) is 0 Å². The predicted octanol–water partition coefficient (Wildman–Crippen LogP) is 1.09. The topological polar surface area (TPSA) is 108 Å². The van der Waals surface area contributed by atoms with Gasteiger partial charge in [0.25, 0.3) is 0 Å². The second-order valence-electron chi connectivity index (χ2n) is 5.42. The molecule has 0 bridgehead atoms. The van der Waals surface area contributed by atoms with E-state index in [1.54, 1.807) is 13.8 Å². The molecule has 0 radical (unpaired) electrons. The van der Waals surface area contributed by atoms with Crippen LogP contribution in [-0.4, -0.2) is 41.6 Å². The molecule has 0 aromatic carbocycles. The van der Waals surface area contributed by atoms with Crippen LogP contribution < -0.4 is 16.0 Å². The van der Waals surface area contributed by atoms with E-state index in [0.717, 1.165) is 0 Å². The molecular weight excluding hydrogens is 274 g/mol. The van der Waals surface area contributed by atoms with Gasteiger partial charge in [-0.3, -0.25) is 4.79 Å². The molecular formula is C14H27N3O4. The van der Waals surface area contributed by atoms with E-state index in [1.807, 2.05) is 13.8 Å². The zero-order chi connectivity index (χ0) is 16.5. The van der Waals surface area contributed by atoms with Gasteiger partial charge in [0.15, 0.2) is 0 Å². The lowest BCUT2D eigenvalue weighted by atomic mass is 9.93. The van der Waals surface area contributed by atoms with Crippen molar-refractivity contribution in [3.8, 4) is 0 Å². The Kier molecular flexibility index (Phi) is 8.42. The Bertz CT molecular complexity index is 365. The van der Waals surface area contributed by atoms with Gasteiger partial charge >= 0.3 is 12.0 Å². The van der Waals surface area contributed by atoms with Crippen LogP contribution in [0.1, 0.15) is 47.0 Å². The average molecular weight is 301 g/mol. The number of rotatable bonds is 9.